The van der Waals surface area contributed by atoms with Gasteiger partial charge in [-0.3, -0.25) is 4.98 Å². The van der Waals surface area contributed by atoms with Gasteiger partial charge in [0.25, 0.3) is 0 Å². The molecule has 21 heavy (non-hydrogen) atoms. The van der Waals surface area contributed by atoms with E-state index in [9.17, 15) is 0 Å². The highest BCUT2D eigenvalue weighted by atomic mass is 32.1. The topological polar surface area (TPSA) is 41.9 Å². The first-order valence-corrected chi connectivity index (χ1v) is 7.84. The first-order chi connectivity index (χ1) is 10.4. The standard InChI is InChI=1S/C16H14N4S/c1-2-14(21-11-1)12-5-9-20(10-6-12)15-4-3-13-16(19-15)18-8-7-17-13/h1-5,7-8,11H,6,9-10H2. The van der Waals surface area contributed by atoms with E-state index in [4.69, 9.17) is 0 Å². The fourth-order valence-electron chi connectivity index (χ4n) is 2.58. The second-order valence-electron chi connectivity index (χ2n) is 4.97. The molecule has 0 N–H and O–H groups in total. The van der Waals surface area contributed by atoms with E-state index in [0.29, 0.717) is 5.65 Å². The summed E-state index contributed by atoms with van der Waals surface area (Å²) >= 11 is 1.81. The van der Waals surface area contributed by atoms with Gasteiger partial charge in [0.1, 0.15) is 11.3 Å². The third-order valence-corrected chi connectivity index (χ3v) is 4.63. The third kappa shape index (κ3) is 2.40. The first-order valence-electron chi connectivity index (χ1n) is 6.96. The Morgan fingerprint density at radius 3 is 2.86 bits per heavy atom. The van der Waals surface area contributed by atoms with Crippen LogP contribution in [-0.4, -0.2) is 28.0 Å². The van der Waals surface area contributed by atoms with Crippen molar-refractivity contribution in [2.24, 2.45) is 0 Å². The number of hydrogen-bond acceptors (Lipinski definition) is 5. The second-order valence-corrected chi connectivity index (χ2v) is 5.92. The maximum atomic E-state index is 4.61. The number of rotatable bonds is 2. The molecule has 3 aromatic rings. The number of nitrogens with zero attached hydrogens (tertiary/aromatic N) is 4. The number of aromatic nitrogens is 3. The van der Waals surface area contributed by atoms with Crippen LogP contribution in [0.4, 0.5) is 5.82 Å². The molecule has 0 unspecified atom stereocenters. The van der Waals surface area contributed by atoms with E-state index in [2.05, 4.69) is 43.4 Å². The monoisotopic (exact) mass is 294 g/mol. The van der Waals surface area contributed by atoms with Gasteiger partial charge in [-0.05, 0) is 35.6 Å². The molecule has 0 saturated heterocycles. The number of fused-ring (bicyclic) bond motifs is 1. The maximum absolute atomic E-state index is 4.61. The van der Waals surface area contributed by atoms with Crippen molar-refractivity contribution in [2.45, 2.75) is 6.42 Å². The van der Waals surface area contributed by atoms with Crippen LogP contribution in [0.15, 0.2) is 48.1 Å². The minimum absolute atomic E-state index is 0.711. The Morgan fingerprint density at radius 1 is 1.10 bits per heavy atom. The van der Waals surface area contributed by atoms with E-state index in [0.717, 1.165) is 30.8 Å². The molecule has 1 aliphatic heterocycles. The predicted octanol–water partition coefficient (Wildman–Crippen LogP) is 3.38. The fraction of sp³-hybridized carbons (Fsp3) is 0.188. The lowest BCUT2D eigenvalue weighted by molar-refractivity contribution is 0.819. The molecule has 0 aliphatic carbocycles. The van der Waals surface area contributed by atoms with Crippen molar-refractivity contribution in [3.63, 3.8) is 0 Å². The molecular formula is C16H14N4S. The summed E-state index contributed by atoms with van der Waals surface area (Å²) in [5.41, 5.74) is 3.00. The molecule has 4 nitrogen and oxygen atoms in total. The van der Waals surface area contributed by atoms with Gasteiger partial charge in [-0.2, -0.15) is 0 Å². The van der Waals surface area contributed by atoms with Gasteiger partial charge in [0.15, 0.2) is 5.65 Å². The number of pyridine rings is 1. The summed E-state index contributed by atoms with van der Waals surface area (Å²) < 4.78 is 0. The lowest BCUT2D eigenvalue weighted by Crippen LogP contribution is -2.28. The molecule has 1 aliphatic rings. The van der Waals surface area contributed by atoms with E-state index in [1.54, 1.807) is 12.4 Å². The normalized spacial score (nSPS) is 15.2. The zero-order valence-electron chi connectivity index (χ0n) is 11.4. The van der Waals surface area contributed by atoms with Crippen LogP contribution in [-0.2, 0) is 0 Å². The molecule has 4 heterocycles. The lowest BCUT2D eigenvalue weighted by atomic mass is 10.1. The molecule has 0 bridgehead atoms. The summed E-state index contributed by atoms with van der Waals surface area (Å²) in [4.78, 5) is 16.8. The van der Waals surface area contributed by atoms with Gasteiger partial charge in [-0.25, -0.2) is 9.97 Å². The van der Waals surface area contributed by atoms with Crippen molar-refractivity contribution >= 4 is 33.9 Å². The Morgan fingerprint density at radius 2 is 2.05 bits per heavy atom. The van der Waals surface area contributed by atoms with Crippen LogP contribution >= 0.6 is 11.3 Å². The highest BCUT2D eigenvalue weighted by Gasteiger charge is 2.15. The molecule has 4 rings (SSSR count). The Hall–Kier alpha value is -2.27. The van der Waals surface area contributed by atoms with Crippen LogP contribution in [0.2, 0.25) is 0 Å². The summed E-state index contributed by atoms with van der Waals surface area (Å²) in [5, 5.41) is 2.13. The zero-order chi connectivity index (χ0) is 14.1. The van der Waals surface area contributed by atoms with Crippen molar-refractivity contribution in [3.05, 3.63) is 53.0 Å². The van der Waals surface area contributed by atoms with Crippen LogP contribution in [0.5, 0.6) is 0 Å². The van der Waals surface area contributed by atoms with Crippen molar-refractivity contribution in [2.75, 3.05) is 18.0 Å². The Labute approximate surface area is 126 Å². The molecule has 0 aromatic carbocycles. The lowest BCUT2D eigenvalue weighted by Gasteiger charge is -2.27. The maximum Gasteiger partial charge on any atom is 0.180 e. The molecule has 0 saturated carbocycles. The van der Waals surface area contributed by atoms with E-state index in [1.807, 2.05) is 23.5 Å². The number of anilines is 1. The summed E-state index contributed by atoms with van der Waals surface area (Å²) in [6, 6.07) is 8.32. The molecular weight excluding hydrogens is 280 g/mol. The summed E-state index contributed by atoms with van der Waals surface area (Å²) in [6.45, 7) is 1.88. The molecule has 104 valence electrons. The van der Waals surface area contributed by atoms with Crippen molar-refractivity contribution < 1.29 is 0 Å². The molecule has 0 spiro atoms. The van der Waals surface area contributed by atoms with Crippen LogP contribution in [0, 0.1) is 0 Å². The van der Waals surface area contributed by atoms with E-state index >= 15 is 0 Å². The Bertz CT molecular complexity index is 795. The van der Waals surface area contributed by atoms with Crippen molar-refractivity contribution in [1.82, 2.24) is 15.0 Å². The van der Waals surface area contributed by atoms with Crippen LogP contribution in [0.1, 0.15) is 11.3 Å². The summed E-state index contributed by atoms with van der Waals surface area (Å²) in [7, 11) is 0. The molecule has 0 fully saturated rings. The van der Waals surface area contributed by atoms with Gasteiger partial charge in [-0.15, -0.1) is 11.3 Å². The molecule has 3 aromatic heterocycles. The van der Waals surface area contributed by atoms with Gasteiger partial charge in [0.2, 0.25) is 0 Å². The zero-order valence-corrected chi connectivity index (χ0v) is 12.3. The second kappa shape index (κ2) is 5.26. The smallest absolute Gasteiger partial charge is 0.180 e. The average Bonchev–Trinajstić information content (AvgIpc) is 3.09. The van der Waals surface area contributed by atoms with Gasteiger partial charge >= 0.3 is 0 Å². The van der Waals surface area contributed by atoms with Crippen molar-refractivity contribution in [1.29, 1.82) is 0 Å². The highest BCUT2D eigenvalue weighted by Crippen LogP contribution is 2.28. The van der Waals surface area contributed by atoms with Gasteiger partial charge < -0.3 is 4.90 Å². The highest BCUT2D eigenvalue weighted by molar-refractivity contribution is 7.11. The molecule has 0 atom stereocenters. The van der Waals surface area contributed by atoms with E-state index < -0.39 is 0 Å². The fourth-order valence-corrected chi connectivity index (χ4v) is 3.38. The van der Waals surface area contributed by atoms with E-state index in [1.165, 1.54) is 10.5 Å². The largest absolute Gasteiger partial charge is 0.352 e. The van der Waals surface area contributed by atoms with Gasteiger partial charge in [0.05, 0.1) is 0 Å². The van der Waals surface area contributed by atoms with E-state index in [-0.39, 0.29) is 0 Å². The summed E-state index contributed by atoms with van der Waals surface area (Å²) in [5.74, 6) is 0.976. The third-order valence-electron chi connectivity index (χ3n) is 3.69. The molecule has 0 amide bonds. The number of thiophene rings is 1. The Kier molecular flexibility index (Phi) is 3.12. The van der Waals surface area contributed by atoms with Crippen LogP contribution in [0.3, 0.4) is 0 Å². The minimum atomic E-state index is 0.711. The predicted molar refractivity (Wildman–Crippen MR) is 86.5 cm³/mol. The van der Waals surface area contributed by atoms with Crippen LogP contribution in [0.25, 0.3) is 16.7 Å². The Balaban J connectivity index is 1.59. The van der Waals surface area contributed by atoms with Crippen LogP contribution < -0.4 is 4.90 Å². The van der Waals surface area contributed by atoms with Gasteiger partial charge in [-0.1, -0.05) is 12.1 Å². The quantitative estimate of drug-likeness (QED) is 0.726. The molecule has 5 heteroatoms. The SMILES string of the molecule is C1=C(c2cccs2)CCN(c2ccc3nccnc3n2)C1. The summed E-state index contributed by atoms with van der Waals surface area (Å²) in [6.07, 6.45) is 6.74. The van der Waals surface area contributed by atoms with Gasteiger partial charge in [0, 0.05) is 30.4 Å². The first kappa shape index (κ1) is 12.5. The number of hydrogen-bond donors (Lipinski definition) is 0. The minimum Gasteiger partial charge on any atom is -0.352 e. The molecule has 0 radical (unpaired) electrons. The van der Waals surface area contributed by atoms with Crippen molar-refractivity contribution in [3.8, 4) is 0 Å². The average molecular weight is 294 g/mol.